The third-order valence-corrected chi connectivity index (χ3v) is 4.69. The van der Waals surface area contributed by atoms with Gasteiger partial charge in [-0.2, -0.15) is 0 Å². The van der Waals surface area contributed by atoms with Gasteiger partial charge >= 0.3 is 0 Å². The van der Waals surface area contributed by atoms with E-state index in [1.165, 1.54) is 17.8 Å². The van der Waals surface area contributed by atoms with Crippen molar-refractivity contribution < 1.29 is 9.66 Å². The first-order valence-electron chi connectivity index (χ1n) is 8.26. The summed E-state index contributed by atoms with van der Waals surface area (Å²) in [7, 11) is 1.66. The summed E-state index contributed by atoms with van der Waals surface area (Å²) in [6.45, 7) is 3.36. The second-order valence-electron chi connectivity index (χ2n) is 5.91. The molecule has 136 valence electrons. The fraction of sp³-hybridized carbons (Fsp3) is 0.278. The number of nitro benzene ring substituents is 1. The standard InChI is InChI=1S/C18H20N4O3S/c1-25-17-8-6-15(7-9-17)20-10-12-21(13-11-20)18(26)19-14-2-4-16(5-3-14)22(23)24/h2-9H,10-13H2,1H3,(H,19,26). The van der Waals surface area contributed by atoms with Crippen molar-refractivity contribution in [3.05, 3.63) is 58.6 Å². The predicted octanol–water partition coefficient (Wildman–Crippen LogP) is 3.12. The molecule has 1 N–H and O–H groups in total. The Morgan fingerprint density at radius 2 is 1.69 bits per heavy atom. The number of nitro groups is 1. The van der Waals surface area contributed by atoms with Gasteiger partial charge in [0.1, 0.15) is 5.75 Å². The fourth-order valence-corrected chi connectivity index (χ4v) is 3.13. The highest BCUT2D eigenvalue weighted by Crippen LogP contribution is 2.21. The van der Waals surface area contributed by atoms with Crippen LogP contribution in [-0.4, -0.2) is 48.2 Å². The monoisotopic (exact) mass is 372 g/mol. The molecule has 1 heterocycles. The molecule has 0 radical (unpaired) electrons. The highest BCUT2D eigenvalue weighted by Gasteiger charge is 2.19. The lowest BCUT2D eigenvalue weighted by Crippen LogP contribution is -2.50. The van der Waals surface area contributed by atoms with Crippen molar-refractivity contribution in [2.75, 3.05) is 43.5 Å². The summed E-state index contributed by atoms with van der Waals surface area (Å²) in [6, 6.07) is 14.3. The van der Waals surface area contributed by atoms with Crippen LogP contribution >= 0.6 is 12.2 Å². The topological polar surface area (TPSA) is 70.9 Å². The lowest BCUT2D eigenvalue weighted by molar-refractivity contribution is -0.384. The lowest BCUT2D eigenvalue weighted by Gasteiger charge is -2.37. The van der Waals surface area contributed by atoms with E-state index >= 15 is 0 Å². The molecule has 0 unspecified atom stereocenters. The van der Waals surface area contributed by atoms with Crippen LogP contribution in [0.25, 0.3) is 0 Å². The first-order chi connectivity index (χ1) is 12.6. The van der Waals surface area contributed by atoms with E-state index in [1.807, 2.05) is 12.1 Å². The van der Waals surface area contributed by atoms with Crippen molar-refractivity contribution in [3.63, 3.8) is 0 Å². The van der Waals surface area contributed by atoms with Crippen molar-refractivity contribution >= 4 is 34.4 Å². The van der Waals surface area contributed by atoms with Crippen molar-refractivity contribution in [2.45, 2.75) is 0 Å². The molecule has 1 saturated heterocycles. The van der Waals surface area contributed by atoms with Gasteiger partial charge in [-0.1, -0.05) is 0 Å². The van der Waals surface area contributed by atoms with Gasteiger partial charge in [-0.3, -0.25) is 10.1 Å². The minimum Gasteiger partial charge on any atom is -0.497 e. The maximum Gasteiger partial charge on any atom is 0.269 e. The van der Waals surface area contributed by atoms with E-state index in [4.69, 9.17) is 17.0 Å². The summed E-state index contributed by atoms with van der Waals surface area (Å²) in [5.74, 6) is 0.848. The smallest absolute Gasteiger partial charge is 0.269 e. The molecular formula is C18H20N4O3S. The van der Waals surface area contributed by atoms with Crippen molar-refractivity contribution in [2.24, 2.45) is 0 Å². The minimum absolute atomic E-state index is 0.0644. The Morgan fingerprint density at radius 1 is 1.08 bits per heavy atom. The number of piperazine rings is 1. The van der Waals surface area contributed by atoms with Crippen molar-refractivity contribution in [1.82, 2.24) is 4.90 Å². The van der Waals surface area contributed by atoms with Gasteiger partial charge in [-0.05, 0) is 48.6 Å². The quantitative estimate of drug-likeness (QED) is 0.502. The first kappa shape index (κ1) is 17.9. The Kier molecular flexibility index (Phi) is 5.52. The third kappa shape index (κ3) is 4.20. The van der Waals surface area contributed by atoms with Crippen LogP contribution in [0, 0.1) is 10.1 Å². The molecule has 0 aromatic heterocycles. The van der Waals surface area contributed by atoms with Crippen LogP contribution in [0.5, 0.6) is 5.75 Å². The minimum atomic E-state index is -0.416. The number of nitrogens with zero attached hydrogens (tertiary/aromatic N) is 3. The van der Waals surface area contributed by atoms with E-state index in [9.17, 15) is 10.1 Å². The molecule has 0 aliphatic carbocycles. The van der Waals surface area contributed by atoms with Crippen molar-refractivity contribution in [1.29, 1.82) is 0 Å². The van der Waals surface area contributed by atoms with Gasteiger partial charge in [0, 0.05) is 49.7 Å². The Bertz CT molecular complexity index is 772. The molecule has 1 aliphatic rings. The fourth-order valence-electron chi connectivity index (χ4n) is 2.83. The summed E-state index contributed by atoms with van der Waals surface area (Å²) in [5, 5.41) is 14.5. The van der Waals surface area contributed by atoms with Crippen molar-refractivity contribution in [3.8, 4) is 5.75 Å². The second kappa shape index (κ2) is 8.01. The van der Waals surface area contributed by atoms with Crippen LogP contribution < -0.4 is 15.0 Å². The number of anilines is 2. The average molecular weight is 372 g/mol. The predicted molar refractivity (Wildman–Crippen MR) is 106 cm³/mol. The van der Waals surface area contributed by atoms with E-state index in [2.05, 4.69) is 27.2 Å². The number of hydrogen-bond donors (Lipinski definition) is 1. The molecule has 26 heavy (non-hydrogen) atoms. The second-order valence-corrected chi connectivity index (χ2v) is 6.29. The highest BCUT2D eigenvalue weighted by atomic mass is 32.1. The molecule has 1 aliphatic heterocycles. The van der Waals surface area contributed by atoms with Crippen LogP contribution in [-0.2, 0) is 0 Å². The van der Waals surface area contributed by atoms with Gasteiger partial charge in [0.05, 0.1) is 12.0 Å². The Hall–Kier alpha value is -2.87. The van der Waals surface area contributed by atoms with Crippen LogP contribution in [0.15, 0.2) is 48.5 Å². The number of ether oxygens (including phenoxy) is 1. The summed E-state index contributed by atoms with van der Waals surface area (Å²) in [4.78, 5) is 14.7. The summed E-state index contributed by atoms with van der Waals surface area (Å²) in [5.41, 5.74) is 1.98. The normalized spacial score (nSPS) is 14.0. The number of rotatable bonds is 4. The molecule has 2 aromatic rings. The number of non-ortho nitro benzene ring substituents is 1. The van der Waals surface area contributed by atoms with Gasteiger partial charge in [-0.25, -0.2) is 0 Å². The molecular weight excluding hydrogens is 352 g/mol. The van der Waals surface area contributed by atoms with E-state index in [-0.39, 0.29) is 5.69 Å². The number of nitrogens with one attached hydrogen (secondary N) is 1. The Balaban J connectivity index is 1.53. The molecule has 1 fully saturated rings. The van der Waals surface area contributed by atoms with Crippen LogP contribution in [0.3, 0.4) is 0 Å². The molecule has 7 nitrogen and oxygen atoms in total. The molecule has 8 heteroatoms. The largest absolute Gasteiger partial charge is 0.497 e. The zero-order valence-electron chi connectivity index (χ0n) is 14.4. The molecule has 0 amide bonds. The summed E-state index contributed by atoms with van der Waals surface area (Å²) in [6.07, 6.45) is 0. The molecule has 2 aromatic carbocycles. The lowest BCUT2D eigenvalue weighted by atomic mass is 10.2. The zero-order valence-corrected chi connectivity index (χ0v) is 15.2. The highest BCUT2D eigenvalue weighted by molar-refractivity contribution is 7.80. The average Bonchev–Trinajstić information content (AvgIpc) is 2.68. The number of benzene rings is 2. The number of hydrogen-bond acceptors (Lipinski definition) is 5. The third-order valence-electron chi connectivity index (χ3n) is 4.33. The molecule has 0 bridgehead atoms. The maximum absolute atomic E-state index is 10.7. The maximum atomic E-state index is 10.7. The van der Waals surface area contributed by atoms with Gasteiger partial charge in [0.25, 0.3) is 5.69 Å². The van der Waals surface area contributed by atoms with Crippen LogP contribution in [0.4, 0.5) is 17.1 Å². The summed E-state index contributed by atoms with van der Waals surface area (Å²) < 4.78 is 5.19. The zero-order chi connectivity index (χ0) is 18.5. The summed E-state index contributed by atoms with van der Waals surface area (Å²) >= 11 is 5.47. The van der Waals surface area contributed by atoms with E-state index in [0.717, 1.165) is 37.6 Å². The van der Waals surface area contributed by atoms with Crippen LogP contribution in [0.2, 0.25) is 0 Å². The van der Waals surface area contributed by atoms with Gasteiger partial charge in [0.15, 0.2) is 5.11 Å². The SMILES string of the molecule is COc1ccc(N2CCN(C(=S)Nc3ccc([N+](=O)[O-])cc3)CC2)cc1. The molecule has 0 spiro atoms. The molecule has 0 atom stereocenters. The number of thiocarbonyl (C=S) groups is 1. The Morgan fingerprint density at radius 3 is 2.23 bits per heavy atom. The van der Waals surface area contributed by atoms with Gasteiger partial charge in [0.2, 0.25) is 0 Å². The van der Waals surface area contributed by atoms with E-state index < -0.39 is 4.92 Å². The van der Waals surface area contributed by atoms with E-state index in [0.29, 0.717) is 5.11 Å². The van der Waals surface area contributed by atoms with Gasteiger partial charge in [-0.15, -0.1) is 0 Å². The Labute approximate surface area is 157 Å². The molecule has 0 saturated carbocycles. The van der Waals surface area contributed by atoms with Gasteiger partial charge < -0.3 is 19.9 Å². The van der Waals surface area contributed by atoms with Crippen LogP contribution in [0.1, 0.15) is 0 Å². The molecule has 3 rings (SSSR count). The first-order valence-corrected chi connectivity index (χ1v) is 8.67. The van der Waals surface area contributed by atoms with E-state index in [1.54, 1.807) is 19.2 Å². The number of methoxy groups -OCH3 is 1.